The number of phenolic OH excluding ortho intramolecular Hbond substituents is 1. The summed E-state index contributed by atoms with van der Waals surface area (Å²) in [6, 6.07) is 9.20. The van der Waals surface area contributed by atoms with Crippen LogP contribution in [0.1, 0.15) is 4.88 Å². The van der Waals surface area contributed by atoms with Crippen molar-refractivity contribution in [3.05, 3.63) is 52.9 Å². The van der Waals surface area contributed by atoms with Crippen LogP contribution in [0.2, 0.25) is 0 Å². The first-order valence-electron chi connectivity index (χ1n) is 6.29. The van der Waals surface area contributed by atoms with Crippen LogP contribution in [0.3, 0.4) is 0 Å². The third-order valence-corrected chi connectivity index (χ3v) is 4.35. The quantitative estimate of drug-likeness (QED) is 0.760. The van der Waals surface area contributed by atoms with Gasteiger partial charge < -0.3 is 9.84 Å². The molecule has 0 aliphatic carbocycles. The number of benzene rings is 2. The zero-order valence-corrected chi connectivity index (χ0v) is 12.0. The van der Waals surface area contributed by atoms with Crippen molar-refractivity contribution in [3.8, 4) is 16.9 Å². The second-order valence-corrected chi connectivity index (χ2v) is 5.79. The first kappa shape index (κ1) is 14.0. The summed E-state index contributed by atoms with van der Waals surface area (Å²) in [4.78, 5) is 0.831. The summed E-state index contributed by atoms with van der Waals surface area (Å²) < 4.78 is 33.5. The van der Waals surface area contributed by atoms with Gasteiger partial charge in [-0.2, -0.15) is 0 Å². The number of hydrogen-bond donors (Lipinski definition) is 1. The average Bonchev–Trinajstić information content (AvgIpc) is 2.88. The maximum Gasteiger partial charge on any atom is 0.167 e. The van der Waals surface area contributed by atoms with Crippen LogP contribution in [0.25, 0.3) is 21.2 Å². The van der Waals surface area contributed by atoms with Gasteiger partial charge in [0.05, 0.1) is 6.61 Å². The summed E-state index contributed by atoms with van der Waals surface area (Å²) in [7, 11) is 1.56. The Balaban J connectivity index is 2.26. The van der Waals surface area contributed by atoms with E-state index in [1.165, 1.54) is 29.5 Å². The van der Waals surface area contributed by atoms with E-state index in [2.05, 4.69) is 0 Å². The van der Waals surface area contributed by atoms with Crippen molar-refractivity contribution in [1.82, 2.24) is 0 Å². The van der Waals surface area contributed by atoms with Gasteiger partial charge in [0, 0.05) is 27.6 Å². The van der Waals surface area contributed by atoms with Gasteiger partial charge in [0.1, 0.15) is 5.75 Å². The van der Waals surface area contributed by atoms with E-state index in [0.29, 0.717) is 16.9 Å². The fraction of sp³-hybridized carbons (Fsp3) is 0.125. The summed E-state index contributed by atoms with van der Waals surface area (Å²) in [5.74, 6) is -1.60. The number of ether oxygens (including phenoxy) is 1. The topological polar surface area (TPSA) is 29.5 Å². The van der Waals surface area contributed by atoms with Gasteiger partial charge in [-0.15, -0.1) is 11.3 Å². The molecule has 0 fully saturated rings. The number of methoxy groups -OCH3 is 1. The Hall–Kier alpha value is -1.98. The number of fused-ring (bicyclic) bond motifs is 1. The molecule has 108 valence electrons. The Labute approximate surface area is 124 Å². The van der Waals surface area contributed by atoms with Crippen molar-refractivity contribution < 1.29 is 18.6 Å². The fourth-order valence-corrected chi connectivity index (χ4v) is 3.42. The normalized spacial score (nSPS) is 11.2. The first-order valence-corrected chi connectivity index (χ1v) is 7.10. The predicted molar refractivity (Wildman–Crippen MR) is 79.6 cm³/mol. The molecule has 0 atom stereocenters. The van der Waals surface area contributed by atoms with Gasteiger partial charge in [0.25, 0.3) is 0 Å². The summed E-state index contributed by atoms with van der Waals surface area (Å²) in [6.45, 7) is 0.357. The van der Waals surface area contributed by atoms with Crippen molar-refractivity contribution in [1.29, 1.82) is 0 Å². The zero-order valence-electron chi connectivity index (χ0n) is 11.2. The average molecular weight is 306 g/mol. The van der Waals surface area contributed by atoms with Crippen LogP contribution in [-0.2, 0) is 11.3 Å². The molecule has 2 aromatic carbocycles. The second kappa shape index (κ2) is 5.42. The molecule has 2 nitrogen and oxygen atoms in total. The third-order valence-electron chi connectivity index (χ3n) is 3.21. The number of thiophene rings is 1. The van der Waals surface area contributed by atoms with Crippen LogP contribution in [-0.4, -0.2) is 12.2 Å². The van der Waals surface area contributed by atoms with Crippen molar-refractivity contribution in [2.24, 2.45) is 0 Å². The van der Waals surface area contributed by atoms with Gasteiger partial charge in [0.2, 0.25) is 0 Å². The molecule has 0 saturated carbocycles. The molecule has 0 radical (unpaired) electrons. The second-order valence-electron chi connectivity index (χ2n) is 4.66. The number of aromatic hydroxyl groups is 1. The molecule has 0 spiro atoms. The minimum absolute atomic E-state index is 0.129. The molecule has 0 aliphatic heterocycles. The van der Waals surface area contributed by atoms with Crippen LogP contribution < -0.4 is 0 Å². The largest absolute Gasteiger partial charge is 0.508 e. The maximum absolute atomic E-state index is 14.0. The van der Waals surface area contributed by atoms with E-state index in [4.69, 9.17) is 4.74 Å². The molecule has 1 heterocycles. The van der Waals surface area contributed by atoms with Crippen molar-refractivity contribution >= 4 is 21.4 Å². The van der Waals surface area contributed by atoms with E-state index in [1.54, 1.807) is 25.3 Å². The lowest BCUT2D eigenvalue weighted by molar-refractivity contribution is 0.187. The van der Waals surface area contributed by atoms with Gasteiger partial charge in [0.15, 0.2) is 11.6 Å². The smallest absolute Gasteiger partial charge is 0.167 e. The lowest BCUT2D eigenvalue weighted by atomic mass is 10.0. The van der Waals surface area contributed by atoms with E-state index in [0.717, 1.165) is 10.4 Å². The van der Waals surface area contributed by atoms with E-state index in [9.17, 15) is 13.9 Å². The van der Waals surface area contributed by atoms with Crippen molar-refractivity contribution in [3.63, 3.8) is 0 Å². The summed E-state index contributed by atoms with van der Waals surface area (Å²) in [6.07, 6.45) is 0. The Morgan fingerprint density at radius 3 is 2.52 bits per heavy atom. The number of rotatable bonds is 3. The van der Waals surface area contributed by atoms with Gasteiger partial charge in [-0.25, -0.2) is 8.78 Å². The molecule has 5 heteroatoms. The maximum atomic E-state index is 14.0. The molecule has 0 aliphatic rings. The number of phenols is 1. The molecule has 0 amide bonds. The van der Waals surface area contributed by atoms with Crippen LogP contribution in [0, 0.1) is 11.6 Å². The molecule has 3 rings (SSSR count). The van der Waals surface area contributed by atoms with Crippen molar-refractivity contribution in [2.45, 2.75) is 6.61 Å². The standard InChI is InChI=1S/C16H12F2O2S/c1-20-8-11-6-13-15(18)14(17)7-12(16(13)21-11)9-2-4-10(19)5-3-9/h2-7,19H,8H2,1H3. The Morgan fingerprint density at radius 2 is 1.86 bits per heavy atom. The SMILES string of the molecule is COCc1cc2c(F)c(F)cc(-c3ccc(O)cc3)c2s1. The predicted octanol–water partition coefficient (Wildman–Crippen LogP) is 4.70. The molecule has 21 heavy (non-hydrogen) atoms. The third kappa shape index (κ3) is 2.50. The highest BCUT2D eigenvalue weighted by molar-refractivity contribution is 7.19. The Morgan fingerprint density at radius 1 is 1.14 bits per heavy atom. The summed E-state index contributed by atoms with van der Waals surface area (Å²) in [5, 5.41) is 9.60. The molecule has 0 bridgehead atoms. The molecule has 1 aromatic heterocycles. The van der Waals surface area contributed by atoms with E-state index >= 15 is 0 Å². The van der Waals surface area contributed by atoms with E-state index in [1.807, 2.05) is 0 Å². The monoisotopic (exact) mass is 306 g/mol. The highest BCUT2D eigenvalue weighted by atomic mass is 32.1. The van der Waals surface area contributed by atoms with Crippen LogP contribution >= 0.6 is 11.3 Å². The minimum atomic E-state index is -0.882. The molecular weight excluding hydrogens is 294 g/mol. The molecular formula is C16H12F2O2S. The molecule has 0 unspecified atom stereocenters. The van der Waals surface area contributed by atoms with Crippen molar-refractivity contribution in [2.75, 3.05) is 7.11 Å². The Bertz CT molecular complexity index is 794. The molecule has 0 saturated heterocycles. The highest BCUT2D eigenvalue weighted by Crippen LogP contribution is 2.38. The lowest BCUT2D eigenvalue weighted by Crippen LogP contribution is -1.87. The summed E-state index contributed by atoms with van der Waals surface area (Å²) >= 11 is 1.38. The van der Waals surface area contributed by atoms with E-state index in [-0.39, 0.29) is 11.1 Å². The van der Waals surface area contributed by atoms with Crippen LogP contribution in [0.5, 0.6) is 5.75 Å². The zero-order chi connectivity index (χ0) is 15.0. The minimum Gasteiger partial charge on any atom is -0.508 e. The number of halogens is 2. The van der Waals surface area contributed by atoms with E-state index < -0.39 is 11.6 Å². The fourth-order valence-electron chi connectivity index (χ4n) is 2.26. The Kier molecular flexibility index (Phi) is 3.61. The highest BCUT2D eigenvalue weighted by Gasteiger charge is 2.16. The van der Waals surface area contributed by atoms with Crippen LogP contribution in [0.15, 0.2) is 36.4 Å². The van der Waals surface area contributed by atoms with Crippen LogP contribution in [0.4, 0.5) is 8.78 Å². The first-order chi connectivity index (χ1) is 10.1. The van der Waals surface area contributed by atoms with Gasteiger partial charge in [-0.1, -0.05) is 12.1 Å². The van der Waals surface area contributed by atoms with Gasteiger partial charge in [-0.3, -0.25) is 0 Å². The van der Waals surface area contributed by atoms with Gasteiger partial charge >= 0.3 is 0 Å². The lowest BCUT2D eigenvalue weighted by Gasteiger charge is -2.05. The number of hydrogen-bond acceptors (Lipinski definition) is 3. The van der Waals surface area contributed by atoms with Gasteiger partial charge in [-0.05, 0) is 29.8 Å². The summed E-state index contributed by atoms with van der Waals surface area (Å²) in [5.41, 5.74) is 1.33. The molecule has 3 aromatic rings. The molecule has 1 N–H and O–H groups in total.